The van der Waals surface area contributed by atoms with E-state index in [0.29, 0.717) is 6.61 Å². The number of benzene rings is 1. The van der Waals surface area contributed by atoms with Gasteiger partial charge in [-0.3, -0.25) is 0 Å². The van der Waals surface area contributed by atoms with Gasteiger partial charge in [0.15, 0.2) is 0 Å². The summed E-state index contributed by atoms with van der Waals surface area (Å²) in [5.74, 6) is 0. The minimum Gasteiger partial charge on any atom is -0.384 e. The van der Waals surface area contributed by atoms with Gasteiger partial charge in [-0.1, -0.05) is 18.2 Å². The topological polar surface area (TPSA) is 53.1 Å². The lowest BCUT2D eigenvalue weighted by atomic mass is 10.1. The van der Waals surface area contributed by atoms with E-state index in [-0.39, 0.29) is 6.04 Å². The average molecular weight is 245 g/mol. The molecule has 4 nitrogen and oxygen atoms in total. The normalized spacial score (nSPS) is 12.6. The van der Waals surface area contributed by atoms with Gasteiger partial charge in [-0.2, -0.15) is 0 Å². The van der Waals surface area contributed by atoms with Crippen LogP contribution in [-0.4, -0.2) is 23.3 Å². The summed E-state index contributed by atoms with van der Waals surface area (Å²) in [5.41, 5.74) is 9.33. The molecule has 0 aliphatic rings. The van der Waals surface area contributed by atoms with E-state index in [4.69, 9.17) is 10.5 Å². The second-order valence-corrected chi connectivity index (χ2v) is 4.35. The van der Waals surface area contributed by atoms with Crippen LogP contribution in [0.2, 0.25) is 0 Å². The lowest BCUT2D eigenvalue weighted by Crippen LogP contribution is -2.12. The molecular formula is C14H19N3O. The molecule has 96 valence electrons. The van der Waals surface area contributed by atoms with Gasteiger partial charge in [0.2, 0.25) is 0 Å². The van der Waals surface area contributed by atoms with Crippen molar-refractivity contribution in [1.29, 1.82) is 0 Å². The van der Waals surface area contributed by atoms with Gasteiger partial charge in [0.25, 0.3) is 0 Å². The summed E-state index contributed by atoms with van der Waals surface area (Å²) in [4.78, 5) is 4.19. The number of ether oxygens (including phenoxy) is 1. The first kappa shape index (κ1) is 12.8. The highest BCUT2D eigenvalue weighted by molar-refractivity contribution is 5.42. The maximum atomic E-state index is 5.96. The number of para-hydroxylation sites is 1. The molecule has 2 rings (SSSR count). The van der Waals surface area contributed by atoms with Crippen molar-refractivity contribution >= 4 is 0 Å². The maximum absolute atomic E-state index is 5.96. The van der Waals surface area contributed by atoms with E-state index in [1.807, 2.05) is 31.6 Å². The molecule has 0 spiro atoms. The molecule has 0 amide bonds. The first-order valence-corrected chi connectivity index (χ1v) is 6.09. The highest BCUT2D eigenvalue weighted by atomic mass is 16.5. The molecule has 0 aliphatic heterocycles. The Morgan fingerprint density at radius 2 is 2.17 bits per heavy atom. The van der Waals surface area contributed by atoms with Gasteiger partial charge in [-0.25, -0.2) is 4.98 Å². The number of hydrogen-bond donors (Lipinski definition) is 1. The minimum atomic E-state index is -0.0389. The average Bonchev–Trinajstić information content (AvgIpc) is 2.86. The van der Waals surface area contributed by atoms with Crippen LogP contribution in [0.15, 0.2) is 36.8 Å². The summed E-state index contributed by atoms with van der Waals surface area (Å²) >= 11 is 0. The van der Waals surface area contributed by atoms with Crippen molar-refractivity contribution in [2.24, 2.45) is 5.73 Å². The Labute approximate surface area is 107 Å². The van der Waals surface area contributed by atoms with Crippen LogP contribution in [0.4, 0.5) is 0 Å². The van der Waals surface area contributed by atoms with E-state index in [2.05, 4.69) is 21.7 Å². The number of aromatic nitrogens is 2. The van der Waals surface area contributed by atoms with E-state index in [0.717, 1.165) is 17.8 Å². The fourth-order valence-corrected chi connectivity index (χ4v) is 2.01. The fraction of sp³-hybridized carbons (Fsp3) is 0.357. The predicted molar refractivity (Wildman–Crippen MR) is 71.7 cm³/mol. The molecule has 0 radical (unpaired) electrons. The molecule has 0 bridgehead atoms. The Bertz CT molecular complexity index is 505. The molecule has 0 unspecified atom stereocenters. The van der Waals surface area contributed by atoms with E-state index < -0.39 is 0 Å². The van der Waals surface area contributed by atoms with Crippen LogP contribution in [0.3, 0.4) is 0 Å². The van der Waals surface area contributed by atoms with Gasteiger partial charge in [0.1, 0.15) is 0 Å². The standard InChI is InChI=1S/C14H19N3O/c1-11(15)14-9-16-10-17(14)13-6-4-3-5-12(13)7-8-18-2/h3-6,9-11H,7-8,15H2,1-2H3/t11-/m1/s1. The van der Waals surface area contributed by atoms with Crippen molar-refractivity contribution in [3.63, 3.8) is 0 Å². The summed E-state index contributed by atoms with van der Waals surface area (Å²) in [6.07, 6.45) is 4.51. The largest absolute Gasteiger partial charge is 0.384 e. The Kier molecular flexibility index (Phi) is 4.12. The summed E-state index contributed by atoms with van der Waals surface area (Å²) in [6.45, 7) is 2.67. The third kappa shape index (κ3) is 2.60. The Morgan fingerprint density at radius 1 is 1.39 bits per heavy atom. The van der Waals surface area contributed by atoms with Gasteiger partial charge in [0.05, 0.1) is 30.5 Å². The number of nitrogens with two attached hydrogens (primary N) is 1. The Hall–Kier alpha value is -1.65. The van der Waals surface area contributed by atoms with Crippen LogP contribution in [0.5, 0.6) is 0 Å². The second kappa shape index (κ2) is 5.80. The van der Waals surface area contributed by atoms with Crippen molar-refractivity contribution in [2.75, 3.05) is 13.7 Å². The molecule has 2 aromatic rings. The molecule has 1 atom stereocenters. The predicted octanol–water partition coefficient (Wildman–Crippen LogP) is 2.08. The van der Waals surface area contributed by atoms with Gasteiger partial charge in [-0.15, -0.1) is 0 Å². The molecule has 0 saturated carbocycles. The third-order valence-corrected chi connectivity index (χ3v) is 2.96. The number of rotatable bonds is 5. The molecule has 0 aliphatic carbocycles. The number of hydrogen-bond acceptors (Lipinski definition) is 3. The summed E-state index contributed by atoms with van der Waals surface area (Å²) in [6, 6.07) is 8.22. The summed E-state index contributed by atoms with van der Waals surface area (Å²) in [7, 11) is 1.72. The first-order valence-electron chi connectivity index (χ1n) is 6.09. The molecule has 4 heteroatoms. The molecule has 1 aromatic heterocycles. The molecule has 18 heavy (non-hydrogen) atoms. The summed E-state index contributed by atoms with van der Waals surface area (Å²) in [5, 5.41) is 0. The quantitative estimate of drug-likeness (QED) is 0.877. The first-order chi connectivity index (χ1) is 8.74. The molecule has 0 fully saturated rings. The lowest BCUT2D eigenvalue weighted by molar-refractivity contribution is 0.202. The monoisotopic (exact) mass is 245 g/mol. The van der Waals surface area contributed by atoms with Crippen LogP contribution in [0, 0.1) is 0 Å². The Balaban J connectivity index is 2.40. The van der Waals surface area contributed by atoms with Crippen LogP contribution >= 0.6 is 0 Å². The zero-order valence-electron chi connectivity index (χ0n) is 10.8. The van der Waals surface area contributed by atoms with Crippen LogP contribution in [-0.2, 0) is 11.2 Å². The van der Waals surface area contributed by atoms with Gasteiger partial charge in [-0.05, 0) is 25.0 Å². The van der Waals surface area contributed by atoms with Crippen LogP contribution in [0.25, 0.3) is 5.69 Å². The van der Waals surface area contributed by atoms with Crippen LogP contribution in [0.1, 0.15) is 24.2 Å². The molecule has 1 heterocycles. The number of methoxy groups -OCH3 is 1. The smallest absolute Gasteiger partial charge is 0.0994 e. The van der Waals surface area contributed by atoms with E-state index in [1.54, 1.807) is 7.11 Å². The van der Waals surface area contributed by atoms with Crippen molar-refractivity contribution in [1.82, 2.24) is 9.55 Å². The van der Waals surface area contributed by atoms with Gasteiger partial charge >= 0.3 is 0 Å². The third-order valence-electron chi connectivity index (χ3n) is 2.96. The highest BCUT2D eigenvalue weighted by Gasteiger charge is 2.11. The number of imidazole rings is 1. The number of nitrogens with zero attached hydrogens (tertiary/aromatic N) is 2. The highest BCUT2D eigenvalue weighted by Crippen LogP contribution is 2.20. The van der Waals surface area contributed by atoms with Crippen molar-refractivity contribution in [2.45, 2.75) is 19.4 Å². The van der Waals surface area contributed by atoms with Gasteiger partial charge < -0.3 is 15.0 Å². The molecular weight excluding hydrogens is 226 g/mol. The summed E-state index contributed by atoms with van der Waals surface area (Å²) < 4.78 is 7.20. The molecule has 2 N–H and O–H groups in total. The lowest BCUT2D eigenvalue weighted by Gasteiger charge is -2.14. The van der Waals surface area contributed by atoms with Crippen molar-refractivity contribution < 1.29 is 4.74 Å². The second-order valence-electron chi connectivity index (χ2n) is 4.35. The minimum absolute atomic E-state index is 0.0389. The van der Waals surface area contributed by atoms with Crippen molar-refractivity contribution in [3.05, 3.63) is 48.0 Å². The zero-order chi connectivity index (χ0) is 13.0. The maximum Gasteiger partial charge on any atom is 0.0994 e. The Morgan fingerprint density at radius 3 is 2.89 bits per heavy atom. The zero-order valence-corrected chi connectivity index (χ0v) is 10.8. The molecule has 0 saturated heterocycles. The van der Waals surface area contributed by atoms with E-state index in [1.165, 1.54) is 5.56 Å². The fourth-order valence-electron chi connectivity index (χ4n) is 2.01. The van der Waals surface area contributed by atoms with Crippen LogP contribution < -0.4 is 5.73 Å². The van der Waals surface area contributed by atoms with E-state index >= 15 is 0 Å². The van der Waals surface area contributed by atoms with E-state index in [9.17, 15) is 0 Å². The van der Waals surface area contributed by atoms with Crippen molar-refractivity contribution in [3.8, 4) is 5.69 Å². The SMILES string of the molecule is COCCc1ccccc1-n1cncc1[C@@H](C)N. The molecule has 1 aromatic carbocycles. The van der Waals surface area contributed by atoms with Gasteiger partial charge in [0, 0.05) is 13.2 Å².